The fraction of sp³-hybridized carbons (Fsp3) is 0.133. The number of thiol groups is 1. The van der Waals surface area contributed by atoms with Crippen molar-refractivity contribution in [3.63, 3.8) is 0 Å². The van der Waals surface area contributed by atoms with Crippen molar-refractivity contribution in [3.05, 3.63) is 63.2 Å². The van der Waals surface area contributed by atoms with Gasteiger partial charge < -0.3 is 5.32 Å². The Bertz CT molecular complexity index is 729. The van der Waals surface area contributed by atoms with Crippen molar-refractivity contribution in [3.8, 4) is 0 Å². The number of amides is 1. The molecule has 0 spiro atoms. The van der Waals surface area contributed by atoms with Crippen molar-refractivity contribution in [2.45, 2.75) is 18.7 Å². The van der Waals surface area contributed by atoms with Crippen LogP contribution in [0.3, 0.4) is 0 Å². The Morgan fingerprint density at radius 2 is 1.81 bits per heavy atom. The van der Waals surface area contributed by atoms with Gasteiger partial charge in [0.1, 0.15) is 0 Å². The smallest absolute Gasteiger partial charge is 0.274 e. The Labute approximate surface area is 127 Å². The summed E-state index contributed by atoms with van der Waals surface area (Å²) in [4.78, 5) is 23.4. The molecule has 0 radical (unpaired) electrons. The highest BCUT2D eigenvalue weighted by atomic mass is 32.1. The molecular weight excluding hydrogens is 288 g/mol. The first-order valence-electron chi connectivity index (χ1n) is 6.24. The lowest BCUT2D eigenvalue weighted by Crippen LogP contribution is -2.13. The van der Waals surface area contributed by atoms with Crippen molar-refractivity contribution >= 4 is 29.9 Å². The van der Waals surface area contributed by atoms with E-state index in [0.717, 1.165) is 5.56 Å². The van der Waals surface area contributed by atoms with E-state index in [1.54, 1.807) is 37.3 Å². The zero-order chi connectivity index (χ0) is 15.6. The number of nitrogens with one attached hydrogen (secondary N) is 1. The van der Waals surface area contributed by atoms with Crippen LogP contribution in [-0.4, -0.2) is 10.8 Å². The van der Waals surface area contributed by atoms with Crippen molar-refractivity contribution < 1.29 is 9.72 Å². The average molecular weight is 302 g/mol. The second kappa shape index (κ2) is 5.97. The third kappa shape index (κ3) is 3.41. The predicted molar refractivity (Wildman–Crippen MR) is 84.2 cm³/mol. The van der Waals surface area contributed by atoms with Gasteiger partial charge in [0, 0.05) is 27.8 Å². The summed E-state index contributed by atoms with van der Waals surface area (Å²) in [6, 6.07) is 9.86. The van der Waals surface area contributed by atoms with Crippen LogP contribution in [0.1, 0.15) is 21.5 Å². The maximum atomic E-state index is 12.2. The van der Waals surface area contributed by atoms with Crippen molar-refractivity contribution in [2.24, 2.45) is 0 Å². The van der Waals surface area contributed by atoms with Gasteiger partial charge in [-0.25, -0.2) is 0 Å². The van der Waals surface area contributed by atoms with E-state index in [0.29, 0.717) is 21.7 Å². The first-order chi connectivity index (χ1) is 9.88. The summed E-state index contributed by atoms with van der Waals surface area (Å²) in [5.74, 6) is -0.318. The van der Waals surface area contributed by atoms with E-state index in [2.05, 4.69) is 17.9 Å². The second-order valence-corrected chi connectivity index (χ2v) is 5.23. The Kier molecular flexibility index (Phi) is 4.28. The van der Waals surface area contributed by atoms with Crippen LogP contribution in [0.4, 0.5) is 11.4 Å². The number of aryl methyl sites for hydroxylation is 2. The number of nitrogens with zero attached hydrogens (tertiary/aromatic N) is 1. The fourth-order valence-corrected chi connectivity index (χ4v) is 2.14. The third-order valence-electron chi connectivity index (χ3n) is 3.13. The van der Waals surface area contributed by atoms with Crippen LogP contribution in [0.5, 0.6) is 0 Å². The summed E-state index contributed by atoms with van der Waals surface area (Å²) in [5.41, 5.74) is 2.22. The largest absolute Gasteiger partial charge is 0.322 e. The van der Waals surface area contributed by atoms with E-state index >= 15 is 0 Å². The molecular formula is C15H14N2O3S. The maximum absolute atomic E-state index is 12.2. The standard InChI is InChI=1S/C15H14N2O3S/c1-9-4-6-12(21)8-13(9)15(18)16-11-5-3-10(2)14(7-11)17(19)20/h3-8,21H,1-2H3,(H,16,18). The molecule has 2 aromatic rings. The summed E-state index contributed by atoms with van der Waals surface area (Å²) >= 11 is 4.21. The molecule has 0 heterocycles. The molecule has 0 aliphatic carbocycles. The zero-order valence-corrected chi connectivity index (χ0v) is 12.5. The number of benzene rings is 2. The SMILES string of the molecule is Cc1ccc(S)cc1C(=O)Nc1ccc(C)c([N+](=O)[O-])c1. The van der Waals surface area contributed by atoms with E-state index in [1.165, 1.54) is 6.07 Å². The van der Waals surface area contributed by atoms with Gasteiger partial charge in [-0.2, -0.15) is 0 Å². The quantitative estimate of drug-likeness (QED) is 0.515. The van der Waals surface area contributed by atoms with Gasteiger partial charge in [-0.3, -0.25) is 14.9 Å². The molecule has 1 N–H and O–H groups in total. The maximum Gasteiger partial charge on any atom is 0.274 e. The third-order valence-corrected chi connectivity index (χ3v) is 3.41. The molecule has 1 amide bonds. The van der Waals surface area contributed by atoms with Gasteiger partial charge in [-0.05, 0) is 37.6 Å². The number of anilines is 1. The van der Waals surface area contributed by atoms with Crippen molar-refractivity contribution in [1.82, 2.24) is 0 Å². The van der Waals surface area contributed by atoms with Gasteiger partial charge in [0.05, 0.1) is 4.92 Å². The summed E-state index contributed by atoms with van der Waals surface area (Å²) in [6.07, 6.45) is 0. The predicted octanol–water partition coefficient (Wildman–Crippen LogP) is 3.75. The number of hydrogen-bond donors (Lipinski definition) is 2. The lowest BCUT2D eigenvalue weighted by atomic mass is 10.1. The van der Waals surface area contributed by atoms with E-state index in [-0.39, 0.29) is 11.6 Å². The topological polar surface area (TPSA) is 72.2 Å². The number of hydrogen-bond acceptors (Lipinski definition) is 4. The number of nitro groups is 1. The highest BCUT2D eigenvalue weighted by Crippen LogP contribution is 2.23. The highest BCUT2D eigenvalue weighted by Gasteiger charge is 2.14. The van der Waals surface area contributed by atoms with Gasteiger partial charge in [-0.1, -0.05) is 12.1 Å². The van der Waals surface area contributed by atoms with Crippen molar-refractivity contribution in [2.75, 3.05) is 5.32 Å². The normalized spacial score (nSPS) is 10.2. The number of rotatable bonds is 3. The van der Waals surface area contributed by atoms with E-state index in [1.807, 2.05) is 6.92 Å². The summed E-state index contributed by atoms with van der Waals surface area (Å²) in [6.45, 7) is 3.47. The highest BCUT2D eigenvalue weighted by molar-refractivity contribution is 7.80. The summed E-state index contributed by atoms with van der Waals surface area (Å²) in [5, 5.41) is 13.6. The van der Waals surface area contributed by atoms with Gasteiger partial charge in [0.15, 0.2) is 0 Å². The average Bonchev–Trinajstić information content (AvgIpc) is 2.43. The molecule has 0 aliphatic heterocycles. The fourth-order valence-electron chi connectivity index (χ4n) is 1.94. The lowest BCUT2D eigenvalue weighted by molar-refractivity contribution is -0.385. The van der Waals surface area contributed by atoms with Crippen molar-refractivity contribution in [1.29, 1.82) is 0 Å². The Balaban J connectivity index is 2.29. The minimum Gasteiger partial charge on any atom is -0.322 e. The van der Waals surface area contributed by atoms with Gasteiger partial charge in [-0.15, -0.1) is 12.6 Å². The molecule has 2 rings (SSSR count). The molecule has 0 fully saturated rings. The van der Waals surface area contributed by atoms with Crippen LogP contribution in [0.15, 0.2) is 41.3 Å². The molecule has 2 aromatic carbocycles. The molecule has 0 bridgehead atoms. The zero-order valence-electron chi connectivity index (χ0n) is 11.6. The van der Waals surface area contributed by atoms with E-state index in [9.17, 15) is 14.9 Å². The Morgan fingerprint density at radius 1 is 1.14 bits per heavy atom. The molecule has 0 aromatic heterocycles. The first kappa shape index (κ1) is 15.1. The summed E-state index contributed by atoms with van der Waals surface area (Å²) in [7, 11) is 0. The van der Waals surface area contributed by atoms with Crippen LogP contribution < -0.4 is 5.32 Å². The Hall–Kier alpha value is -2.34. The molecule has 0 atom stereocenters. The molecule has 108 valence electrons. The second-order valence-electron chi connectivity index (χ2n) is 4.71. The van der Waals surface area contributed by atoms with Gasteiger partial charge >= 0.3 is 0 Å². The number of carbonyl (C=O) groups is 1. The minimum absolute atomic E-state index is 0.0209. The van der Waals surface area contributed by atoms with Gasteiger partial charge in [0.25, 0.3) is 11.6 Å². The molecule has 0 aliphatic rings. The number of nitro benzene ring substituents is 1. The first-order valence-corrected chi connectivity index (χ1v) is 6.69. The van der Waals surface area contributed by atoms with Crippen LogP contribution in [0.25, 0.3) is 0 Å². The van der Waals surface area contributed by atoms with Gasteiger partial charge in [0.2, 0.25) is 0 Å². The molecule has 0 unspecified atom stereocenters. The number of carbonyl (C=O) groups excluding carboxylic acids is 1. The summed E-state index contributed by atoms with van der Waals surface area (Å²) < 4.78 is 0. The van der Waals surface area contributed by atoms with Crippen LogP contribution in [0.2, 0.25) is 0 Å². The van der Waals surface area contributed by atoms with E-state index in [4.69, 9.17) is 0 Å². The molecule has 0 saturated heterocycles. The minimum atomic E-state index is -0.468. The van der Waals surface area contributed by atoms with E-state index < -0.39 is 4.92 Å². The monoisotopic (exact) mass is 302 g/mol. The molecule has 6 heteroatoms. The molecule has 5 nitrogen and oxygen atoms in total. The van der Waals surface area contributed by atoms with Crippen LogP contribution in [-0.2, 0) is 0 Å². The lowest BCUT2D eigenvalue weighted by Gasteiger charge is -2.09. The molecule has 0 saturated carbocycles. The molecule has 21 heavy (non-hydrogen) atoms. The van der Waals surface area contributed by atoms with Crippen LogP contribution >= 0.6 is 12.6 Å². The Morgan fingerprint density at radius 3 is 2.48 bits per heavy atom. The van der Waals surface area contributed by atoms with Crippen LogP contribution in [0, 0.1) is 24.0 Å².